The summed E-state index contributed by atoms with van der Waals surface area (Å²) in [5.74, 6) is 1.40. The lowest BCUT2D eigenvalue weighted by Crippen LogP contribution is -2.32. The molecule has 0 saturated carbocycles. The Hall–Kier alpha value is -2.54. The van der Waals surface area contributed by atoms with Crippen molar-refractivity contribution < 1.29 is 14.3 Å². The first-order chi connectivity index (χ1) is 10.6. The van der Waals surface area contributed by atoms with Gasteiger partial charge in [-0.25, -0.2) is 9.48 Å². The number of aromatic nitrogens is 2. The number of carbonyl (C=O) groups excluding carboxylic acids is 1. The van der Waals surface area contributed by atoms with Crippen molar-refractivity contribution in [3.63, 3.8) is 0 Å². The van der Waals surface area contributed by atoms with Gasteiger partial charge in [0.05, 0.1) is 31.1 Å². The third kappa shape index (κ3) is 2.89. The third-order valence-electron chi connectivity index (χ3n) is 3.48. The minimum absolute atomic E-state index is 0.397. The Bertz CT molecular complexity index is 665. The normalized spacial score (nSPS) is 14.4. The molecule has 7 heteroatoms. The monoisotopic (exact) mass is 302 g/mol. The molecule has 0 atom stereocenters. The van der Waals surface area contributed by atoms with E-state index in [0.717, 1.165) is 11.3 Å². The number of nitrogens with one attached hydrogen (secondary N) is 1. The number of nitrogens with two attached hydrogens (primary N) is 1. The highest BCUT2D eigenvalue weighted by Crippen LogP contribution is 2.28. The van der Waals surface area contributed by atoms with Crippen LogP contribution in [0, 0.1) is 12.8 Å². The van der Waals surface area contributed by atoms with E-state index in [2.05, 4.69) is 10.4 Å². The number of amides is 2. The molecule has 0 aliphatic carbocycles. The Labute approximate surface area is 128 Å². The summed E-state index contributed by atoms with van der Waals surface area (Å²) in [6.45, 7) is 3.81. The van der Waals surface area contributed by atoms with Crippen LogP contribution in [0.3, 0.4) is 0 Å². The first-order valence-electron chi connectivity index (χ1n) is 7.07. The molecule has 1 fully saturated rings. The zero-order valence-corrected chi connectivity index (χ0v) is 12.3. The van der Waals surface area contributed by atoms with Gasteiger partial charge in [0, 0.05) is 5.92 Å². The molecule has 3 rings (SSSR count). The predicted molar refractivity (Wildman–Crippen MR) is 81.3 cm³/mol. The molecular weight excluding hydrogens is 284 g/mol. The predicted octanol–water partition coefficient (Wildman–Crippen LogP) is 1.70. The fourth-order valence-corrected chi connectivity index (χ4v) is 2.21. The number of hydrogen-bond donors (Lipinski definition) is 2. The SMILES string of the molecule is Cc1c(OCC2COC2)nn(-c2ccccc2)c1NC(N)=O. The van der Waals surface area contributed by atoms with Crippen molar-refractivity contribution in [1.29, 1.82) is 0 Å². The van der Waals surface area contributed by atoms with Crippen LogP contribution in [0.4, 0.5) is 10.6 Å². The van der Waals surface area contributed by atoms with E-state index in [1.807, 2.05) is 37.3 Å². The molecule has 2 amide bonds. The van der Waals surface area contributed by atoms with E-state index in [9.17, 15) is 4.79 Å². The molecule has 0 unspecified atom stereocenters. The summed E-state index contributed by atoms with van der Waals surface area (Å²) in [5, 5.41) is 7.06. The third-order valence-corrected chi connectivity index (χ3v) is 3.48. The smallest absolute Gasteiger partial charge is 0.317 e. The number of anilines is 1. The van der Waals surface area contributed by atoms with E-state index in [-0.39, 0.29) is 0 Å². The summed E-state index contributed by atoms with van der Waals surface area (Å²) >= 11 is 0. The molecule has 1 saturated heterocycles. The number of primary amides is 1. The van der Waals surface area contributed by atoms with E-state index < -0.39 is 6.03 Å². The quantitative estimate of drug-likeness (QED) is 0.879. The van der Waals surface area contributed by atoms with Gasteiger partial charge in [-0.3, -0.25) is 5.32 Å². The second-order valence-corrected chi connectivity index (χ2v) is 5.23. The number of hydrogen-bond acceptors (Lipinski definition) is 4. The van der Waals surface area contributed by atoms with Gasteiger partial charge in [-0.15, -0.1) is 5.10 Å². The van der Waals surface area contributed by atoms with Crippen molar-refractivity contribution in [2.45, 2.75) is 6.92 Å². The molecule has 0 bridgehead atoms. The van der Waals surface area contributed by atoms with Crippen molar-refractivity contribution in [2.24, 2.45) is 11.7 Å². The summed E-state index contributed by atoms with van der Waals surface area (Å²) < 4.78 is 12.5. The highest BCUT2D eigenvalue weighted by Gasteiger charge is 2.22. The molecule has 2 aromatic rings. The largest absolute Gasteiger partial charge is 0.476 e. The molecule has 1 aliphatic heterocycles. The van der Waals surface area contributed by atoms with Gasteiger partial charge in [-0.1, -0.05) is 18.2 Å². The van der Waals surface area contributed by atoms with Crippen LogP contribution >= 0.6 is 0 Å². The molecule has 1 aromatic heterocycles. The van der Waals surface area contributed by atoms with Crippen LogP contribution in [0.1, 0.15) is 5.56 Å². The van der Waals surface area contributed by atoms with Gasteiger partial charge in [0.25, 0.3) is 0 Å². The molecule has 7 nitrogen and oxygen atoms in total. The van der Waals surface area contributed by atoms with E-state index in [0.29, 0.717) is 37.4 Å². The molecule has 116 valence electrons. The van der Waals surface area contributed by atoms with Gasteiger partial charge >= 0.3 is 6.03 Å². The fraction of sp³-hybridized carbons (Fsp3) is 0.333. The van der Waals surface area contributed by atoms with E-state index in [1.54, 1.807) is 4.68 Å². The Morgan fingerprint density at radius 3 is 2.77 bits per heavy atom. The zero-order chi connectivity index (χ0) is 15.5. The Kier molecular flexibility index (Phi) is 3.97. The second kappa shape index (κ2) is 6.07. The Morgan fingerprint density at radius 1 is 1.45 bits per heavy atom. The average Bonchev–Trinajstić information content (AvgIpc) is 2.75. The number of carbonyl (C=O) groups is 1. The number of rotatable bonds is 5. The van der Waals surface area contributed by atoms with Gasteiger partial charge in [0.2, 0.25) is 5.88 Å². The van der Waals surface area contributed by atoms with Crippen molar-refractivity contribution >= 4 is 11.8 Å². The first-order valence-corrected chi connectivity index (χ1v) is 7.07. The molecule has 3 N–H and O–H groups in total. The Balaban J connectivity index is 1.90. The number of nitrogens with zero attached hydrogens (tertiary/aromatic N) is 2. The number of benzene rings is 1. The van der Waals surface area contributed by atoms with Crippen LogP contribution in [0.5, 0.6) is 5.88 Å². The van der Waals surface area contributed by atoms with Crippen molar-refractivity contribution in [2.75, 3.05) is 25.1 Å². The first kappa shape index (κ1) is 14.4. The lowest BCUT2D eigenvalue weighted by Gasteiger charge is -2.25. The molecule has 22 heavy (non-hydrogen) atoms. The number of urea groups is 1. The zero-order valence-electron chi connectivity index (χ0n) is 12.3. The summed E-state index contributed by atoms with van der Waals surface area (Å²) in [5.41, 5.74) is 6.81. The minimum Gasteiger partial charge on any atom is -0.476 e. The maximum Gasteiger partial charge on any atom is 0.317 e. The highest BCUT2D eigenvalue weighted by molar-refractivity contribution is 5.88. The van der Waals surface area contributed by atoms with Crippen LogP contribution in [0.15, 0.2) is 30.3 Å². The number of ether oxygens (including phenoxy) is 2. The summed E-state index contributed by atoms with van der Waals surface area (Å²) in [4.78, 5) is 11.2. The van der Waals surface area contributed by atoms with Crippen LogP contribution in [0.25, 0.3) is 5.69 Å². The van der Waals surface area contributed by atoms with Crippen molar-refractivity contribution in [3.05, 3.63) is 35.9 Å². The van der Waals surface area contributed by atoms with Gasteiger partial charge in [0.1, 0.15) is 5.82 Å². The summed E-state index contributed by atoms with van der Waals surface area (Å²) in [7, 11) is 0. The van der Waals surface area contributed by atoms with E-state index in [4.69, 9.17) is 15.2 Å². The lowest BCUT2D eigenvalue weighted by molar-refractivity contribution is -0.0515. The second-order valence-electron chi connectivity index (χ2n) is 5.23. The van der Waals surface area contributed by atoms with Gasteiger partial charge in [-0.05, 0) is 19.1 Å². The van der Waals surface area contributed by atoms with Crippen LogP contribution in [0.2, 0.25) is 0 Å². The fourth-order valence-electron chi connectivity index (χ4n) is 2.21. The maximum absolute atomic E-state index is 11.2. The van der Waals surface area contributed by atoms with Gasteiger partial charge < -0.3 is 15.2 Å². The van der Waals surface area contributed by atoms with E-state index >= 15 is 0 Å². The van der Waals surface area contributed by atoms with Crippen molar-refractivity contribution in [3.8, 4) is 11.6 Å². The average molecular weight is 302 g/mol. The Morgan fingerprint density at radius 2 is 2.18 bits per heavy atom. The standard InChI is InChI=1S/C15H18N4O3/c1-10-13(17-15(16)20)19(12-5-3-2-4-6-12)18-14(10)22-9-11-7-21-8-11/h2-6,11H,7-9H2,1H3,(H3,16,17,20). The topological polar surface area (TPSA) is 91.4 Å². The van der Waals surface area contributed by atoms with Crippen LogP contribution in [-0.4, -0.2) is 35.6 Å². The highest BCUT2D eigenvalue weighted by atomic mass is 16.5. The minimum atomic E-state index is -0.640. The van der Waals surface area contributed by atoms with E-state index in [1.165, 1.54) is 0 Å². The van der Waals surface area contributed by atoms with Gasteiger partial charge in [0.15, 0.2) is 0 Å². The maximum atomic E-state index is 11.2. The molecule has 0 spiro atoms. The molecule has 0 radical (unpaired) electrons. The molecule has 2 heterocycles. The molecule has 1 aliphatic rings. The molecule has 1 aromatic carbocycles. The van der Waals surface area contributed by atoms with Crippen molar-refractivity contribution in [1.82, 2.24) is 9.78 Å². The van der Waals surface area contributed by atoms with Gasteiger partial charge in [-0.2, -0.15) is 0 Å². The van der Waals surface area contributed by atoms with Crippen LogP contribution < -0.4 is 15.8 Å². The van der Waals surface area contributed by atoms with Crippen LogP contribution in [-0.2, 0) is 4.74 Å². The summed E-state index contributed by atoms with van der Waals surface area (Å²) in [6, 6.07) is 8.85. The molecular formula is C15H18N4O3. The number of para-hydroxylation sites is 1. The summed E-state index contributed by atoms with van der Waals surface area (Å²) in [6.07, 6.45) is 0. The lowest BCUT2D eigenvalue weighted by atomic mass is 10.1.